The predicted molar refractivity (Wildman–Crippen MR) is 84.0 cm³/mol. The Morgan fingerprint density at radius 2 is 2.05 bits per heavy atom. The van der Waals surface area contributed by atoms with Crippen LogP contribution in [0.1, 0.15) is 16.8 Å². The fraction of sp³-hybridized carbons (Fsp3) is 0.188. The zero-order valence-electron chi connectivity index (χ0n) is 11.3. The summed E-state index contributed by atoms with van der Waals surface area (Å²) in [6.45, 7) is 1.14. The first-order chi connectivity index (χ1) is 10.2. The highest BCUT2D eigenvalue weighted by Crippen LogP contribution is 2.33. The predicted octanol–water partition coefficient (Wildman–Crippen LogP) is 3.58. The molecule has 1 amide bonds. The molecule has 3 rings (SSSR count). The van der Waals surface area contributed by atoms with Crippen LogP contribution in [0.4, 0.5) is 5.69 Å². The highest BCUT2D eigenvalue weighted by Gasteiger charge is 2.24. The molecule has 21 heavy (non-hydrogen) atoms. The van der Waals surface area contributed by atoms with Gasteiger partial charge in [0.05, 0.1) is 17.9 Å². The first-order valence-corrected chi connectivity index (χ1v) is 7.48. The van der Waals surface area contributed by atoms with E-state index in [0.717, 1.165) is 16.6 Å². The number of fused-ring (bicyclic) bond motifs is 1. The lowest BCUT2D eigenvalue weighted by Gasteiger charge is -2.22. The minimum atomic E-state index is -0.224. The molecule has 0 unspecified atom stereocenters. The van der Waals surface area contributed by atoms with Crippen LogP contribution in [0.5, 0.6) is 11.5 Å². The maximum Gasteiger partial charge on any atom is 0.262 e. The summed E-state index contributed by atoms with van der Waals surface area (Å²) in [5.74, 6) is 0.440. The van der Waals surface area contributed by atoms with Gasteiger partial charge in [0, 0.05) is 11.0 Å². The summed E-state index contributed by atoms with van der Waals surface area (Å²) in [6, 6.07) is 12.3. The lowest BCUT2D eigenvalue weighted by molar-refractivity contribution is 0.0984. The maximum absolute atomic E-state index is 12.7. The van der Waals surface area contributed by atoms with E-state index in [1.165, 1.54) is 6.07 Å². The number of aromatic hydroxyl groups is 1. The number of ether oxygens (including phenoxy) is 1. The number of para-hydroxylation sites is 2. The average molecular weight is 348 g/mol. The first-order valence-electron chi connectivity index (χ1n) is 6.69. The molecule has 0 fully saturated rings. The van der Waals surface area contributed by atoms with E-state index in [2.05, 4.69) is 15.9 Å². The summed E-state index contributed by atoms with van der Waals surface area (Å²) < 4.78 is 6.38. The van der Waals surface area contributed by atoms with Crippen LogP contribution in [-0.2, 0) is 0 Å². The van der Waals surface area contributed by atoms with Crippen molar-refractivity contribution in [3.63, 3.8) is 0 Å². The van der Waals surface area contributed by atoms with E-state index in [4.69, 9.17) is 4.74 Å². The van der Waals surface area contributed by atoms with Crippen molar-refractivity contribution in [2.75, 3.05) is 18.1 Å². The Labute approximate surface area is 131 Å². The quantitative estimate of drug-likeness (QED) is 0.857. The molecular formula is C16H14BrNO3. The molecule has 1 aliphatic rings. The van der Waals surface area contributed by atoms with Crippen LogP contribution < -0.4 is 9.64 Å². The summed E-state index contributed by atoms with van der Waals surface area (Å²) in [7, 11) is 0. The fourth-order valence-corrected chi connectivity index (χ4v) is 2.72. The molecule has 2 aromatic rings. The van der Waals surface area contributed by atoms with Crippen molar-refractivity contribution in [2.45, 2.75) is 6.42 Å². The molecule has 108 valence electrons. The molecule has 0 aromatic heterocycles. The molecule has 1 N–H and O–H groups in total. The van der Waals surface area contributed by atoms with Gasteiger partial charge in [0.25, 0.3) is 5.91 Å². The molecule has 0 aliphatic carbocycles. The number of hydrogen-bond donors (Lipinski definition) is 1. The second kappa shape index (κ2) is 5.77. The number of nitrogens with zero attached hydrogens (tertiary/aromatic N) is 1. The Hall–Kier alpha value is -2.01. The van der Waals surface area contributed by atoms with Gasteiger partial charge < -0.3 is 14.7 Å². The average Bonchev–Trinajstić information content (AvgIpc) is 2.69. The van der Waals surface area contributed by atoms with Crippen LogP contribution in [0.25, 0.3) is 0 Å². The molecule has 5 heteroatoms. The van der Waals surface area contributed by atoms with E-state index in [1.54, 1.807) is 17.0 Å². The number of amides is 1. The van der Waals surface area contributed by atoms with E-state index < -0.39 is 0 Å². The van der Waals surface area contributed by atoms with Crippen LogP contribution in [0.15, 0.2) is 46.9 Å². The van der Waals surface area contributed by atoms with Crippen molar-refractivity contribution in [1.82, 2.24) is 0 Å². The van der Waals surface area contributed by atoms with Crippen LogP contribution in [0.2, 0.25) is 0 Å². The number of carbonyl (C=O) groups excluding carboxylic acids is 1. The van der Waals surface area contributed by atoms with E-state index in [1.807, 2.05) is 24.3 Å². The highest BCUT2D eigenvalue weighted by molar-refractivity contribution is 9.10. The van der Waals surface area contributed by atoms with Gasteiger partial charge in [-0.2, -0.15) is 0 Å². The summed E-state index contributed by atoms with van der Waals surface area (Å²) >= 11 is 3.27. The maximum atomic E-state index is 12.7. The van der Waals surface area contributed by atoms with Crippen molar-refractivity contribution in [1.29, 1.82) is 0 Å². The number of rotatable bonds is 1. The highest BCUT2D eigenvalue weighted by atomic mass is 79.9. The Balaban J connectivity index is 2.01. The molecule has 1 heterocycles. The molecule has 0 saturated heterocycles. The Bertz CT molecular complexity index is 687. The van der Waals surface area contributed by atoms with Crippen molar-refractivity contribution in [2.24, 2.45) is 0 Å². The monoisotopic (exact) mass is 347 g/mol. The number of halogens is 1. The summed E-state index contributed by atoms with van der Waals surface area (Å²) in [5, 5.41) is 10.0. The van der Waals surface area contributed by atoms with Gasteiger partial charge in [0.15, 0.2) is 0 Å². The molecular weight excluding hydrogens is 334 g/mol. The minimum absolute atomic E-state index is 0.0305. The van der Waals surface area contributed by atoms with Gasteiger partial charge in [-0.05, 0) is 36.8 Å². The molecule has 0 radical (unpaired) electrons. The lowest BCUT2D eigenvalue weighted by atomic mass is 10.1. The Morgan fingerprint density at radius 3 is 2.86 bits per heavy atom. The second-order valence-corrected chi connectivity index (χ2v) is 5.70. The minimum Gasteiger partial charge on any atom is -0.507 e. The van der Waals surface area contributed by atoms with Crippen LogP contribution >= 0.6 is 15.9 Å². The van der Waals surface area contributed by atoms with E-state index in [9.17, 15) is 9.90 Å². The number of carbonyl (C=O) groups is 1. The third-order valence-electron chi connectivity index (χ3n) is 3.38. The molecule has 0 atom stereocenters. The molecule has 0 saturated carbocycles. The zero-order valence-corrected chi connectivity index (χ0v) is 12.8. The largest absolute Gasteiger partial charge is 0.507 e. The topological polar surface area (TPSA) is 49.8 Å². The van der Waals surface area contributed by atoms with Crippen LogP contribution in [0, 0.1) is 0 Å². The fourth-order valence-electron chi connectivity index (χ4n) is 2.37. The zero-order chi connectivity index (χ0) is 14.8. The smallest absolute Gasteiger partial charge is 0.262 e. The van der Waals surface area contributed by atoms with Crippen molar-refractivity contribution in [3.05, 3.63) is 52.5 Å². The van der Waals surface area contributed by atoms with E-state index >= 15 is 0 Å². The van der Waals surface area contributed by atoms with E-state index in [0.29, 0.717) is 18.9 Å². The van der Waals surface area contributed by atoms with E-state index in [-0.39, 0.29) is 17.2 Å². The molecule has 0 bridgehead atoms. The van der Waals surface area contributed by atoms with Gasteiger partial charge >= 0.3 is 0 Å². The summed E-state index contributed by atoms with van der Waals surface area (Å²) in [6.07, 6.45) is 0.748. The third kappa shape index (κ3) is 2.74. The standard InChI is InChI=1S/C16H14BrNO3/c17-11-6-7-12(14(19)10-11)16(20)18-8-3-9-21-15-5-2-1-4-13(15)18/h1-2,4-7,10,19H,3,8-9H2. The van der Waals surface area contributed by atoms with Gasteiger partial charge in [0.2, 0.25) is 0 Å². The van der Waals surface area contributed by atoms with Gasteiger partial charge in [0.1, 0.15) is 11.5 Å². The normalized spacial score (nSPS) is 14.0. The second-order valence-electron chi connectivity index (χ2n) is 4.79. The first kappa shape index (κ1) is 13.9. The van der Waals surface area contributed by atoms with Gasteiger partial charge in [-0.15, -0.1) is 0 Å². The molecule has 2 aromatic carbocycles. The van der Waals surface area contributed by atoms with Crippen molar-refractivity contribution in [3.8, 4) is 11.5 Å². The molecule has 0 spiro atoms. The molecule has 4 nitrogen and oxygen atoms in total. The number of benzene rings is 2. The van der Waals surface area contributed by atoms with Crippen molar-refractivity contribution >= 4 is 27.5 Å². The van der Waals surface area contributed by atoms with Gasteiger partial charge in [-0.25, -0.2) is 0 Å². The van der Waals surface area contributed by atoms with Crippen molar-refractivity contribution < 1.29 is 14.6 Å². The number of anilines is 1. The number of phenolic OH excluding ortho intramolecular Hbond substituents is 1. The van der Waals surface area contributed by atoms with Gasteiger partial charge in [-0.1, -0.05) is 28.1 Å². The van der Waals surface area contributed by atoms with Crippen LogP contribution in [0.3, 0.4) is 0 Å². The third-order valence-corrected chi connectivity index (χ3v) is 3.87. The molecule has 1 aliphatic heterocycles. The Morgan fingerprint density at radius 1 is 1.24 bits per heavy atom. The number of phenols is 1. The van der Waals surface area contributed by atoms with Crippen LogP contribution in [-0.4, -0.2) is 24.2 Å². The van der Waals surface area contributed by atoms with Gasteiger partial charge in [-0.3, -0.25) is 4.79 Å². The SMILES string of the molecule is O=C(c1ccc(Br)cc1O)N1CCCOc2ccccc21. The number of hydrogen-bond acceptors (Lipinski definition) is 3. The Kier molecular flexibility index (Phi) is 3.84. The summed E-state index contributed by atoms with van der Waals surface area (Å²) in [5.41, 5.74) is 1.03. The summed E-state index contributed by atoms with van der Waals surface area (Å²) in [4.78, 5) is 14.4. The lowest BCUT2D eigenvalue weighted by Crippen LogP contribution is -2.31.